The predicted molar refractivity (Wildman–Crippen MR) is 97.3 cm³/mol. The molecular weight excluding hydrogens is 346 g/mol. The average Bonchev–Trinajstić information content (AvgIpc) is 2.45. The molecule has 0 saturated carbocycles. The average molecular weight is 372 g/mol. The van der Waals surface area contributed by atoms with Crippen LogP contribution in [0.3, 0.4) is 0 Å². The molecule has 0 fully saturated rings. The second-order valence-corrected chi connectivity index (χ2v) is 7.57. The van der Waals surface area contributed by atoms with Crippen LogP contribution in [0.2, 0.25) is 0 Å². The number of carbonyl (C=O) groups is 3. The summed E-state index contributed by atoms with van der Waals surface area (Å²) in [5.41, 5.74) is 4.16. The summed E-state index contributed by atoms with van der Waals surface area (Å²) in [4.78, 5) is 36.0. The van der Waals surface area contributed by atoms with Gasteiger partial charge < -0.3 is 15.2 Å². The standard InChI is InChI=1S/C18H25NO5.ClH/c1-17(2,3)15(21)23-13-8-7-11(12(20)10-19)9-14(13)24-16(22)18(4,5)6;/h7-9H,10,19H2,1-6H3;1H. The number of esters is 2. The van der Waals surface area contributed by atoms with Crippen LogP contribution in [0.5, 0.6) is 11.5 Å². The molecule has 0 spiro atoms. The molecule has 0 heterocycles. The van der Waals surface area contributed by atoms with E-state index in [1.54, 1.807) is 41.5 Å². The molecule has 0 saturated heterocycles. The molecule has 0 amide bonds. The van der Waals surface area contributed by atoms with Gasteiger partial charge in [-0.2, -0.15) is 0 Å². The highest BCUT2D eigenvalue weighted by Gasteiger charge is 2.28. The zero-order valence-corrected chi connectivity index (χ0v) is 16.3. The third-order valence-corrected chi connectivity index (χ3v) is 3.08. The second-order valence-electron chi connectivity index (χ2n) is 7.57. The molecule has 0 aliphatic rings. The van der Waals surface area contributed by atoms with E-state index in [0.717, 1.165) is 0 Å². The number of Topliss-reactive ketones (excluding diaryl/α,β-unsaturated/α-hetero) is 1. The van der Waals surface area contributed by atoms with Crippen LogP contribution in [0.25, 0.3) is 0 Å². The summed E-state index contributed by atoms with van der Waals surface area (Å²) >= 11 is 0. The number of ether oxygens (including phenoxy) is 2. The fourth-order valence-corrected chi connectivity index (χ4v) is 1.47. The molecule has 0 aliphatic carbocycles. The zero-order chi connectivity index (χ0) is 18.7. The topological polar surface area (TPSA) is 95.7 Å². The largest absolute Gasteiger partial charge is 0.422 e. The van der Waals surface area contributed by atoms with Crippen molar-refractivity contribution < 1.29 is 23.9 Å². The minimum Gasteiger partial charge on any atom is -0.422 e. The van der Waals surface area contributed by atoms with Crippen LogP contribution >= 0.6 is 12.4 Å². The zero-order valence-electron chi connectivity index (χ0n) is 15.5. The van der Waals surface area contributed by atoms with E-state index in [-0.39, 0.29) is 41.8 Å². The Hall–Kier alpha value is -1.92. The highest BCUT2D eigenvalue weighted by atomic mass is 35.5. The fraction of sp³-hybridized carbons (Fsp3) is 0.500. The summed E-state index contributed by atoms with van der Waals surface area (Å²) in [7, 11) is 0. The molecular formula is C18H26ClNO5. The maximum Gasteiger partial charge on any atom is 0.316 e. The Kier molecular flexibility index (Phi) is 7.80. The van der Waals surface area contributed by atoms with Gasteiger partial charge in [-0.1, -0.05) is 0 Å². The first-order chi connectivity index (χ1) is 10.9. The summed E-state index contributed by atoms with van der Waals surface area (Å²) in [6.45, 7) is 10.1. The van der Waals surface area contributed by atoms with Crippen molar-refractivity contribution in [2.75, 3.05) is 6.54 Å². The maximum atomic E-state index is 12.1. The van der Waals surface area contributed by atoms with Gasteiger partial charge in [-0.15, -0.1) is 12.4 Å². The Bertz CT molecular complexity index is 656. The van der Waals surface area contributed by atoms with E-state index in [1.807, 2.05) is 0 Å². The van der Waals surface area contributed by atoms with Crippen molar-refractivity contribution in [3.63, 3.8) is 0 Å². The summed E-state index contributed by atoms with van der Waals surface area (Å²) in [6, 6.07) is 4.27. The lowest BCUT2D eigenvalue weighted by Gasteiger charge is -2.20. The first-order valence-electron chi connectivity index (χ1n) is 7.68. The predicted octanol–water partition coefficient (Wildman–Crippen LogP) is 3.15. The molecule has 6 nitrogen and oxygen atoms in total. The van der Waals surface area contributed by atoms with E-state index in [2.05, 4.69) is 0 Å². The van der Waals surface area contributed by atoms with Crippen LogP contribution in [0.1, 0.15) is 51.9 Å². The van der Waals surface area contributed by atoms with Crippen LogP contribution in [-0.2, 0) is 9.59 Å². The van der Waals surface area contributed by atoms with E-state index in [0.29, 0.717) is 0 Å². The Morgan fingerprint density at radius 3 is 1.72 bits per heavy atom. The van der Waals surface area contributed by atoms with Gasteiger partial charge in [0, 0.05) is 5.56 Å². The van der Waals surface area contributed by atoms with Crippen LogP contribution < -0.4 is 15.2 Å². The van der Waals surface area contributed by atoms with Crippen molar-refractivity contribution in [2.24, 2.45) is 16.6 Å². The lowest BCUT2D eigenvalue weighted by atomic mass is 9.97. The van der Waals surface area contributed by atoms with Crippen LogP contribution in [0.15, 0.2) is 18.2 Å². The lowest BCUT2D eigenvalue weighted by Crippen LogP contribution is -2.28. The van der Waals surface area contributed by atoms with E-state index in [9.17, 15) is 14.4 Å². The lowest BCUT2D eigenvalue weighted by molar-refractivity contribution is -0.145. The normalized spacial score (nSPS) is 11.3. The minimum atomic E-state index is -0.751. The highest BCUT2D eigenvalue weighted by molar-refractivity contribution is 5.98. The monoisotopic (exact) mass is 371 g/mol. The van der Waals surface area contributed by atoms with Crippen LogP contribution in [0, 0.1) is 10.8 Å². The number of hydrogen-bond acceptors (Lipinski definition) is 6. The summed E-state index contributed by atoms with van der Waals surface area (Å²) in [5, 5.41) is 0. The van der Waals surface area contributed by atoms with E-state index in [1.165, 1.54) is 18.2 Å². The quantitative estimate of drug-likeness (QED) is 0.496. The number of rotatable bonds is 4. The Labute approximate surface area is 154 Å². The van der Waals surface area contributed by atoms with Gasteiger partial charge in [-0.3, -0.25) is 14.4 Å². The number of carbonyl (C=O) groups excluding carboxylic acids is 3. The van der Waals surface area contributed by atoms with Crippen molar-refractivity contribution in [3.8, 4) is 11.5 Å². The Morgan fingerprint density at radius 1 is 0.880 bits per heavy atom. The van der Waals surface area contributed by atoms with E-state index in [4.69, 9.17) is 15.2 Å². The Morgan fingerprint density at radius 2 is 1.32 bits per heavy atom. The molecule has 0 bridgehead atoms. The molecule has 2 N–H and O–H groups in total. The molecule has 0 atom stereocenters. The van der Waals surface area contributed by atoms with Gasteiger partial charge >= 0.3 is 11.9 Å². The van der Waals surface area contributed by atoms with Gasteiger partial charge in [0.25, 0.3) is 0 Å². The molecule has 7 heteroatoms. The van der Waals surface area contributed by atoms with Gasteiger partial charge in [0.05, 0.1) is 17.4 Å². The second kappa shape index (κ2) is 8.45. The molecule has 1 aromatic carbocycles. The van der Waals surface area contributed by atoms with Gasteiger partial charge in [-0.25, -0.2) is 0 Å². The molecule has 140 valence electrons. The van der Waals surface area contributed by atoms with Crippen LogP contribution in [-0.4, -0.2) is 24.3 Å². The Balaban J connectivity index is 0.00000576. The molecule has 0 aromatic heterocycles. The highest BCUT2D eigenvalue weighted by Crippen LogP contribution is 2.32. The van der Waals surface area contributed by atoms with Crippen molar-refractivity contribution >= 4 is 30.1 Å². The third-order valence-electron chi connectivity index (χ3n) is 3.08. The van der Waals surface area contributed by atoms with Gasteiger partial charge in [0.15, 0.2) is 17.3 Å². The molecule has 0 unspecified atom stereocenters. The number of halogens is 1. The first kappa shape index (κ1) is 23.1. The van der Waals surface area contributed by atoms with Gasteiger partial charge in [0.1, 0.15) is 0 Å². The number of hydrogen-bond donors (Lipinski definition) is 1. The van der Waals surface area contributed by atoms with E-state index < -0.39 is 22.8 Å². The summed E-state index contributed by atoms with van der Waals surface area (Å²) in [6.07, 6.45) is 0. The van der Waals surface area contributed by atoms with Crippen molar-refractivity contribution in [1.29, 1.82) is 0 Å². The maximum absolute atomic E-state index is 12.1. The molecule has 0 radical (unpaired) electrons. The van der Waals surface area contributed by atoms with Crippen LogP contribution in [0.4, 0.5) is 0 Å². The molecule has 25 heavy (non-hydrogen) atoms. The number of ketones is 1. The van der Waals surface area contributed by atoms with Crippen molar-refractivity contribution in [1.82, 2.24) is 0 Å². The SMILES string of the molecule is CC(C)(C)C(=O)Oc1ccc(C(=O)CN)cc1OC(=O)C(C)(C)C.Cl. The first-order valence-corrected chi connectivity index (χ1v) is 7.68. The van der Waals surface area contributed by atoms with Crippen molar-refractivity contribution in [2.45, 2.75) is 41.5 Å². The molecule has 0 aliphatic heterocycles. The third kappa shape index (κ3) is 6.48. The summed E-state index contributed by atoms with van der Waals surface area (Å²) in [5.74, 6) is -1.19. The number of benzene rings is 1. The van der Waals surface area contributed by atoms with Gasteiger partial charge in [0.2, 0.25) is 0 Å². The van der Waals surface area contributed by atoms with Crippen molar-refractivity contribution in [3.05, 3.63) is 23.8 Å². The molecule has 1 rings (SSSR count). The smallest absolute Gasteiger partial charge is 0.316 e. The summed E-state index contributed by atoms with van der Waals surface area (Å²) < 4.78 is 10.7. The van der Waals surface area contributed by atoms with Gasteiger partial charge in [-0.05, 0) is 59.7 Å². The number of nitrogens with two attached hydrogens (primary N) is 1. The minimum absolute atomic E-state index is 0. The molecule has 1 aromatic rings. The van der Waals surface area contributed by atoms with E-state index >= 15 is 0 Å². The fourth-order valence-electron chi connectivity index (χ4n) is 1.47.